The van der Waals surface area contributed by atoms with E-state index in [4.69, 9.17) is 9.47 Å². The molecule has 0 aliphatic carbocycles. The molecule has 6 nitrogen and oxygen atoms in total. The summed E-state index contributed by atoms with van der Waals surface area (Å²) in [5.41, 5.74) is 0.786. The standard InChI is InChI=1S/C21H31N3O3/c1-15-13-23(10-11-24(15)19(25)27-20(2,3)4)16-8-9-17(18(12-16)26-7)21(5,6)14-22/h8-9,12,15H,10-11,13H2,1-7H3/t15-/m1/s1. The van der Waals surface area contributed by atoms with E-state index in [-0.39, 0.29) is 12.1 Å². The molecule has 1 atom stereocenters. The van der Waals surface area contributed by atoms with Crippen molar-refractivity contribution in [3.63, 3.8) is 0 Å². The van der Waals surface area contributed by atoms with Crippen molar-refractivity contribution >= 4 is 11.8 Å². The molecule has 0 radical (unpaired) electrons. The van der Waals surface area contributed by atoms with E-state index in [9.17, 15) is 10.1 Å². The van der Waals surface area contributed by atoms with Crippen molar-refractivity contribution in [2.24, 2.45) is 0 Å². The first kappa shape index (κ1) is 20.9. The lowest BCUT2D eigenvalue weighted by Crippen LogP contribution is -2.55. The number of rotatable bonds is 3. The topological polar surface area (TPSA) is 65.8 Å². The molecule has 1 amide bonds. The molecule has 1 heterocycles. The van der Waals surface area contributed by atoms with Crippen LogP contribution in [0.25, 0.3) is 0 Å². The second-order valence-corrected chi connectivity index (χ2v) is 8.59. The molecule has 1 aliphatic heterocycles. The second kappa shape index (κ2) is 7.67. The van der Waals surface area contributed by atoms with Gasteiger partial charge < -0.3 is 19.3 Å². The molecule has 1 fully saturated rings. The number of methoxy groups -OCH3 is 1. The maximum atomic E-state index is 12.4. The van der Waals surface area contributed by atoms with E-state index < -0.39 is 11.0 Å². The lowest BCUT2D eigenvalue weighted by Gasteiger charge is -2.41. The third-order valence-corrected chi connectivity index (χ3v) is 4.76. The van der Waals surface area contributed by atoms with Crippen LogP contribution in [0.3, 0.4) is 0 Å². The molecule has 0 spiro atoms. The Hall–Kier alpha value is -2.42. The van der Waals surface area contributed by atoms with E-state index in [0.717, 1.165) is 11.3 Å². The van der Waals surface area contributed by atoms with E-state index in [2.05, 4.69) is 11.0 Å². The quantitative estimate of drug-likeness (QED) is 0.803. The van der Waals surface area contributed by atoms with Crippen LogP contribution in [0, 0.1) is 11.3 Å². The number of anilines is 1. The number of piperazine rings is 1. The normalized spacial score (nSPS) is 18.1. The van der Waals surface area contributed by atoms with Gasteiger partial charge in [0, 0.05) is 43.0 Å². The van der Waals surface area contributed by atoms with Crippen LogP contribution in [0.2, 0.25) is 0 Å². The largest absolute Gasteiger partial charge is 0.496 e. The average molecular weight is 373 g/mol. The molecular weight excluding hydrogens is 342 g/mol. The number of carbonyl (C=O) groups excluding carboxylic acids is 1. The average Bonchev–Trinajstić information content (AvgIpc) is 2.59. The SMILES string of the molecule is COc1cc(N2CCN(C(=O)OC(C)(C)C)[C@H](C)C2)ccc1C(C)(C)C#N. The Morgan fingerprint density at radius 1 is 1.22 bits per heavy atom. The highest BCUT2D eigenvalue weighted by Gasteiger charge is 2.31. The highest BCUT2D eigenvalue weighted by atomic mass is 16.6. The minimum atomic E-state index is -0.618. The van der Waals surface area contributed by atoms with E-state index in [1.807, 2.05) is 59.7 Å². The number of ether oxygens (including phenoxy) is 2. The predicted octanol–water partition coefficient (Wildman–Crippen LogP) is 3.94. The highest BCUT2D eigenvalue weighted by molar-refractivity contribution is 5.69. The van der Waals surface area contributed by atoms with Crippen LogP contribution in [0.15, 0.2) is 18.2 Å². The highest BCUT2D eigenvalue weighted by Crippen LogP contribution is 2.35. The Kier molecular flexibility index (Phi) is 5.94. The third kappa shape index (κ3) is 4.85. The number of carbonyl (C=O) groups is 1. The molecule has 0 N–H and O–H groups in total. The van der Waals surface area contributed by atoms with Crippen LogP contribution in [0.4, 0.5) is 10.5 Å². The number of hydrogen-bond acceptors (Lipinski definition) is 5. The van der Waals surface area contributed by atoms with Crippen molar-refractivity contribution in [3.05, 3.63) is 23.8 Å². The van der Waals surface area contributed by atoms with Gasteiger partial charge in [-0.15, -0.1) is 0 Å². The van der Waals surface area contributed by atoms with Crippen molar-refractivity contribution in [1.82, 2.24) is 4.90 Å². The minimum absolute atomic E-state index is 0.0369. The Balaban J connectivity index is 2.16. The summed E-state index contributed by atoms with van der Waals surface area (Å²) in [5, 5.41) is 9.42. The first-order valence-corrected chi connectivity index (χ1v) is 9.33. The van der Waals surface area contributed by atoms with E-state index in [1.54, 1.807) is 12.0 Å². The van der Waals surface area contributed by atoms with Gasteiger partial charge in [-0.25, -0.2) is 4.79 Å². The Morgan fingerprint density at radius 3 is 2.41 bits per heavy atom. The summed E-state index contributed by atoms with van der Waals surface area (Å²) in [6, 6.07) is 8.32. The molecule has 1 aromatic carbocycles. The fourth-order valence-corrected chi connectivity index (χ4v) is 3.24. The van der Waals surface area contributed by atoms with Crippen LogP contribution >= 0.6 is 0 Å². The first-order valence-electron chi connectivity index (χ1n) is 9.33. The summed E-state index contributed by atoms with van der Waals surface area (Å²) in [6.07, 6.45) is -0.265. The maximum absolute atomic E-state index is 12.4. The molecule has 0 saturated carbocycles. The first-order chi connectivity index (χ1) is 12.5. The van der Waals surface area contributed by atoms with E-state index in [1.165, 1.54) is 0 Å². The van der Waals surface area contributed by atoms with Gasteiger partial charge in [0.25, 0.3) is 0 Å². The fraction of sp³-hybridized carbons (Fsp3) is 0.619. The molecule has 27 heavy (non-hydrogen) atoms. The zero-order valence-corrected chi connectivity index (χ0v) is 17.5. The van der Waals surface area contributed by atoms with Gasteiger partial charge in [-0.05, 0) is 47.6 Å². The summed E-state index contributed by atoms with van der Waals surface area (Å²) < 4.78 is 11.1. The van der Waals surface area contributed by atoms with Crippen LogP contribution in [0.1, 0.15) is 47.1 Å². The number of benzene rings is 1. The number of hydrogen-bond donors (Lipinski definition) is 0. The van der Waals surface area contributed by atoms with Crippen LogP contribution in [-0.2, 0) is 10.2 Å². The second-order valence-electron chi connectivity index (χ2n) is 8.59. The van der Waals surface area contributed by atoms with E-state index in [0.29, 0.717) is 25.4 Å². The maximum Gasteiger partial charge on any atom is 0.410 e. The summed E-state index contributed by atoms with van der Waals surface area (Å²) in [4.78, 5) is 16.4. The molecule has 6 heteroatoms. The zero-order valence-electron chi connectivity index (χ0n) is 17.5. The van der Waals surface area contributed by atoms with Crippen molar-refractivity contribution in [2.45, 2.75) is 58.6 Å². The zero-order chi connectivity index (χ0) is 20.4. The van der Waals surface area contributed by atoms with Gasteiger partial charge in [-0.1, -0.05) is 6.07 Å². The predicted molar refractivity (Wildman–Crippen MR) is 106 cm³/mol. The molecule has 0 aromatic heterocycles. The molecule has 2 rings (SSSR count). The molecule has 0 bridgehead atoms. The molecule has 1 saturated heterocycles. The lowest BCUT2D eigenvalue weighted by atomic mass is 9.85. The van der Waals surface area contributed by atoms with Crippen LogP contribution in [0.5, 0.6) is 5.75 Å². The number of nitriles is 1. The Labute approximate surface area is 162 Å². The van der Waals surface area contributed by atoms with Crippen LogP contribution in [-0.4, -0.2) is 49.4 Å². The van der Waals surface area contributed by atoms with Gasteiger partial charge in [0.2, 0.25) is 0 Å². The van der Waals surface area contributed by atoms with Crippen molar-refractivity contribution in [2.75, 3.05) is 31.6 Å². The van der Waals surface area contributed by atoms with Gasteiger partial charge in [-0.2, -0.15) is 5.26 Å². The number of nitrogens with zero attached hydrogens (tertiary/aromatic N) is 3. The van der Waals surface area contributed by atoms with Gasteiger partial charge >= 0.3 is 6.09 Å². The molecular formula is C21H31N3O3. The fourth-order valence-electron chi connectivity index (χ4n) is 3.24. The van der Waals surface area contributed by atoms with Crippen molar-refractivity contribution in [1.29, 1.82) is 5.26 Å². The lowest BCUT2D eigenvalue weighted by molar-refractivity contribution is 0.0159. The summed E-state index contributed by atoms with van der Waals surface area (Å²) >= 11 is 0. The van der Waals surface area contributed by atoms with Gasteiger partial charge in [0.15, 0.2) is 0 Å². The molecule has 1 aliphatic rings. The monoisotopic (exact) mass is 373 g/mol. The number of amides is 1. The Bertz CT molecular complexity index is 731. The van der Waals surface area contributed by atoms with Gasteiger partial charge in [0.05, 0.1) is 18.6 Å². The van der Waals surface area contributed by atoms with E-state index >= 15 is 0 Å². The molecule has 148 valence electrons. The molecule has 1 aromatic rings. The summed E-state index contributed by atoms with van der Waals surface area (Å²) in [6.45, 7) is 13.5. The smallest absolute Gasteiger partial charge is 0.410 e. The summed E-state index contributed by atoms with van der Waals surface area (Å²) in [7, 11) is 1.62. The van der Waals surface area contributed by atoms with Crippen LogP contribution < -0.4 is 9.64 Å². The van der Waals surface area contributed by atoms with Gasteiger partial charge in [0.1, 0.15) is 11.4 Å². The minimum Gasteiger partial charge on any atom is -0.496 e. The van der Waals surface area contributed by atoms with Crippen molar-refractivity contribution < 1.29 is 14.3 Å². The Morgan fingerprint density at radius 2 is 1.89 bits per heavy atom. The van der Waals surface area contributed by atoms with Gasteiger partial charge in [-0.3, -0.25) is 0 Å². The summed E-state index contributed by atoms with van der Waals surface area (Å²) in [5.74, 6) is 0.710. The molecule has 0 unspecified atom stereocenters. The van der Waals surface area contributed by atoms with Crippen molar-refractivity contribution in [3.8, 4) is 11.8 Å². The third-order valence-electron chi connectivity index (χ3n) is 4.76.